The van der Waals surface area contributed by atoms with Crippen LogP contribution in [0.25, 0.3) is 21.9 Å². The van der Waals surface area contributed by atoms with E-state index in [1.807, 2.05) is 19.9 Å². The van der Waals surface area contributed by atoms with Crippen LogP contribution in [0.15, 0.2) is 42.9 Å². The first-order chi connectivity index (χ1) is 17.8. The van der Waals surface area contributed by atoms with Gasteiger partial charge in [-0.2, -0.15) is 0 Å². The minimum absolute atomic E-state index is 0.0144. The lowest BCUT2D eigenvalue weighted by Gasteiger charge is -2.24. The fourth-order valence-electron chi connectivity index (χ4n) is 7.36. The normalized spacial score (nSPS) is 31.6. The first-order valence-electron chi connectivity index (χ1n) is 13.4. The number of anilines is 2. The predicted molar refractivity (Wildman–Crippen MR) is 142 cm³/mol. The Labute approximate surface area is 215 Å². The summed E-state index contributed by atoms with van der Waals surface area (Å²) in [5, 5.41) is 2.07. The second-order valence-electron chi connectivity index (χ2n) is 12.0. The highest BCUT2D eigenvalue weighted by atomic mass is 16.8. The third-order valence-electron chi connectivity index (χ3n) is 9.32. The maximum absolute atomic E-state index is 6.59. The maximum Gasteiger partial charge on any atom is 0.163 e. The monoisotopic (exact) mass is 496 g/mol. The second-order valence-corrected chi connectivity index (χ2v) is 12.0. The highest BCUT2D eigenvalue weighted by Crippen LogP contribution is 2.73. The Morgan fingerprint density at radius 3 is 2.76 bits per heavy atom. The number of nitrogens with zero attached hydrogens (tertiary/aromatic N) is 4. The molecule has 1 aromatic carbocycles. The van der Waals surface area contributed by atoms with Gasteiger partial charge in [-0.05, 0) is 87.1 Å². The molecule has 0 radical (unpaired) electrons. The highest BCUT2D eigenvalue weighted by Gasteiger charge is 2.75. The van der Waals surface area contributed by atoms with Crippen molar-refractivity contribution in [2.45, 2.75) is 75.9 Å². The Morgan fingerprint density at radius 1 is 1.05 bits per heavy atom. The Hall–Kier alpha value is -3.23. The highest BCUT2D eigenvalue weighted by molar-refractivity contribution is 5.86. The molecular formula is C29H32N6O2. The number of nitrogen functional groups attached to an aromatic ring is 2. The van der Waals surface area contributed by atoms with Crippen molar-refractivity contribution in [3.05, 3.63) is 54.0 Å². The van der Waals surface area contributed by atoms with Gasteiger partial charge >= 0.3 is 0 Å². The van der Waals surface area contributed by atoms with Gasteiger partial charge in [0.1, 0.15) is 29.7 Å². The molecule has 4 N–H and O–H groups in total. The molecule has 5 atom stereocenters. The molecule has 3 aromatic heterocycles. The average molecular weight is 497 g/mol. The summed E-state index contributed by atoms with van der Waals surface area (Å²) in [6.45, 7) is 4.05. The number of benzene rings is 1. The summed E-state index contributed by atoms with van der Waals surface area (Å²) in [5.41, 5.74) is 16.9. The zero-order valence-electron chi connectivity index (χ0n) is 21.2. The van der Waals surface area contributed by atoms with Gasteiger partial charge in [0.05, 0.1) is 23.0 Å². The number of rotatable bonds is 5. The number of ether oxygens (including phenoxy) is 2. The Bertz CT molecular complexity index is 1580. The van der Waals surface area contributed by atoms with E-state index in [1.165, 1.54) is 29.4 Å². The quantitative estimate of drug-likeness (QED) is 0.410. The van der Waals surface area contributed by atoms with Crippen molar-refractivity contribution in [3.63, 3.8) is 0 Å². The van der Waals surface area contributed by atoms with Gasteiger partial charge < -0.3 is 25.5 Å². The molecule has 0 bridgehead atoms. The van der Waals surface area contributed by atoms with Crippen LogP contribution >= 0.6 is 0 Å². The molecule has 37 heavy (non-hydrogen) atoms. The van der Waals surface area contributed by atoms with Crippen molar-refractivity contribution < 1.29 is 9.47 Å². The predicted octanol–water partition coefficient (Wildman–Crippen LogP) is 4.74. The molecule has 4 fully saturated rings. The van der Waals surface area contributed by atoms with Crippen LogP contribution in [0.2, 0.25) is 0 Å². The summed E-state index contributed by atoms with van der Waals surface area (Å²) in [6, 6.07) is 11.1. The number of pyridine rings is 1. The van der Waals surface area contributed by atoms with E-state index in [9.17, 15) is 0 Å². The van der Waals surface area contributed by atoms with Crippen LogP contribution < -0.4 is 11.5 Å². The largest absolute Gasteiger partial charge is 0.383 e. The fourth-order valence-corrected chi connectivity index (χ4v) is 7.36. The number of fused-ring (bicyclic) bond motifs is 5. The Morgan fingerprint density at radius 2 is 1.92 bits per heavy atom. The van der Waals surface area contributed by atoms with E-state index in [1.54, 1.807) is 6.33 Å². The van der Waals surface area contributed by atoms with Gasteiger partial charge in [0.25, 0.3) is 0 Å². The molecule has 4 heterocycles. The van der Waals surface area contributed by atoms with Crippen molar-refractivity contribution in [1.82, 2.24) is 19.5 Å². The fraction of sp³-hybridized carbons (Fsp3) is 0.483. The molecule has 0 unspecified atom stereocenters. The lowest BCUT2D eigenvalue weighted by atomic mass is 9.91. The van der Waals surface area contributed by atoms with E-state index < -0.39 is 5.79 Å². The molecule has 3 saturated carbocycles. The van der Waals surface area contributed by atoms with Gasteiger partial charge in [-0.1, -0.05) is 12.1 Å². The zero-order chi connectivity index (χ0) is 25.1. The zero-order valence-corrected chi connectivity index (χ0v) is 21.2. The second kappa shape index (κ2) is 7.20. The van der Waals surface area contributed by atoms with Crippen molar-refractivity contribution in [1.29, 1.82) is 0 Å². The molecule has 0 amide bonds. The standard InChI is InChI=1S/C29H32N6O2/c1-28(2)36-23-22(35-10-8-18-25(30)32-14-33-27(18)35)20-13-29(20,24(23)37-28)9-7-15-3-4-17-12-19(16-5-6-16)26(31)34-21(17)11-15/h3-4,8,10-12,14,16,20,22-24H,5-7,9,13H2,1-2H3,(H2,31,34)(H2,30,32,33)/t20-,22-,23+,24+,29+/m1/s1. The Kier molecular flexibility index (Phi) is 4.25. The van der Waals surface area contributed by atoms with E-state index in [2.05, 4.69) is 45.0 Å². The maximum atomic E-state index is 6.59. The topological polar surface area (TPSA) is 114 Å². The first kappa shape index (κ1) is 21.8. The summed E-state index contributed by atoms with van der Waals surface area (Å²) in [7, 11) is 0. The van der Waals surface area contributed by atoms with Gasteiger partial charge in [-0.3, -0.25) is 0 Å². The summed E-state index contributed by atoms with van der Waals surface area (Å²) < 4.78 is 15.4. The number of hydrogen-bond acceptors (Lipinski definition) is 7. The summed E-state index contributed by atoms with van der Waals surface area (Å²) >= 11 is 0. The van der Waals surface area contributed by atoms with Gasteiger partial charge in [0.15, 0.2) is 5.79 Å². The average Bonchev–Trinajstić information content (AvgIpc) is 3.74. The number of aryl methyl sites for hydroxylation is 1. The third kappa shape index (κ3) is 3.18. The first-order valence-corrected chi connectivity index (χ1v) is 13.4. The van der Waals surface area contributed by atoms with Crippen LogP contribution in [0, 0.1) is 11.3 Å². The van der Waals surface area contributed by atoms with Crippen LogP contribution in [0.4, 0.5) is 11.6 Å². The van der Waals surface area contributed by atoms with Gasteiger partial charge in [0, 0.05) is 17.0 Å². The summed E-state index contributed by atoms with van der Waals surface area (Å²) in [6.07, 6.45) is 9.28. The number of hydrogen-bond donors (Lipinski definition) is 2. The molecule has 1 saturated heterocycles. The lowest BCUT2D eigenvalue weighted by Crippen LogP contribution is -2.32. The van der Waals surface area contributed by atoms with Crippen molar-refractivity contribution in [2.75, 3.05) is 11.5 Å². The molecule has 0 spiro atoms. The van der Waals surface area contributed by atoms with Crippen LogP contribution in [-0.2, 0) is 15.9 Å². The van der Waals surface area contributed by atoms with Crippen LogP contribution in [0.3, 0.4) is 0 Å². The van der Waals surface area contributed by atoms with Crippen molar-refractivity contribution in [2.24, 2.45) is 11.3 Å². The molecule has 8 heteroatoms. The van der Waals surface area contributed by atoms with E-state index in [0.29, 0.717) is 23.5 Å². The third-order valence-corrected chi connectivity index (χ3v) is 9.32. The number of aromatic nitrogens is 4. The van der Waals surface area contributed by atoms with Crippen LogP contribution in [-0.4, -0.2) is 37.5 Å². The number of nitrogens with two attached hydrogens (primary N) is 2. The van der Waals surface area contributed by atoms with E-state index in [0.717, 1.165) is 35.8 Å². The molecule has 1 aliphatic heterocycles. The molecule has 3 aliphatic carbocycles. The van der Waals surface area contributed by atoms with Crippen LogP contribution in [0.1, 0.15) is 62.6 Å². The van der Waals surface area contributed by atoms with Crippen molar-refractivity contribution in [3.8, 4) is 0 Å². The van der Waals surface area contributed by atoms with Crippen molar-refractivity contribution >= 4 is 33.6 Å². The Balaban J connectivity index is 1.10. The van der Waals surface area contributed by atoms with Gasteiger partial charge in [-0.15, -0.1) is 0 Å². The smallest absolute Gasteiger partial charge is 0.163 e. The molecule has 190 valence electrons. The minimum atomic E-state index is -0.602. The summed E-state index contributed by atoms with van der Waals surface area (Å²) in [4.78, 5) is 13.5. The van der Waals surface area contributed by atoms with Gasteiger partial charge in [-0.25, -0.2) is 15.0 Å². The minimum Gasteiger partial charge on any atom is -0.383 e. The molecule has 4 aromatic rings. The van der Waals surface area contributed by atoms with E-state index in [-0.39, 0.29) is 23.7 Å². The van der Waals surface area contributed by atoms with Crippen LogP contribution in [0.5, 0.6) is 0 Å². The molecule has 8 nitrogen and oxygen atoms in total. The summed E-state index contributed by atoms with van der Waals surface area (Å²) in [5.74, 6) is 1.68. The van der Waals surface area contributed by atoms with E-state index >= 15 is 0 Å². The SMILES string of the molecule is CC1(C)O[C@H]2[C@H](n3ccc4c(N)ncnc43)[C@H]3C[C@]3(CCc3ccc4cc(C5CC5)c(N)nc4c3)[C@H]2O1. The lowest BCUT2D eigenvalue weighted by molar-refractivity contribution is -0.161. The molecule has 4 aliphatic rings. The molecule has 8 rings (SSSR count). The van der Waals surface area contributed by atoms with Gasteiger partial charge in [0.2, 0.25) is 0 Å². The molecular weight excluding hydrogens is 464 g/mol. The van der Waals surface area contributed by atoms with E-state index in [4.69, 9.17) is 25.9 Å².